The summed E-state index contributed by atoms with van der Waals surface area (Å²) in [4.78, 5) is 13.5. The average molecular weight is 364 g/mol. The second kappa shape index (κ2) is 6.22. The van der Waals surface area contributed by atoms with Gasteiger partial charge in [0, 0.05) is 16.5 Å². The molecule has 0 spiro atoms. The molecule has 2 heterocycles. The molecule has 0 radical (unpaired) electrons. The molecular formula is C17H20N2O3S2. The number of nitrogens with zero attached hydrogens (tertiary/aromatic N) is 1. The molecule has 1 aromatic heterocycles. The van der Waals surface area contributed by atoms with Crippen molar-refractivity contribution in [3.8, 4) is 0 Å². The van der Waals surface area contributed by atoms with Crippen LogP contribution in [0.3, 0.4) is 0 Å². The fourth-order valence-electron chi connectivity index (χ4n) is 3.10. The van der Waals surface area contributed by atoms with Crippen LogP contribution in [-0.2, 0) is 23.0 Å². The number of fused-ring (bicyclic) bond motifs is 1. The predicted octanol–water partition coefficient (Wildman–Crippen LogP) is 2.70. The van der Waals surface area contributed by atoms with E-state index >= 15 is 0 Å². The molecule has 24 heavy (non-hydrogen) atoms. The molecule has 0 aliphatic carbocycles. The summed E-state index contributed by atoms with van der Waals surface area (Å²) in [5.74, 6) is -0.143. The lowest BCUT2D eigenvalue weighted by atomic mass is 10.1. The number of aryl methyl sites for hydroxylation is 1. The highest BCUT2D eigenvalue weighted by Gasteiger charge is 2.32. The summed E-state index contributed by atoms with van der Waals surface area (Å²) in [7, 11) is -3.31. The Bertz CT molecular complexity index is 887. The lowest BCUT2D eigenvalue weighted by molar-refractivity contribution is 0.0951. The van der Waals surface area contributed by atoms with Crippen LogP contribution >= 0.6 is 11.3 Å². The minimum Gasteiger partial charge on any atom is -0.347 e. The zero-order chi connectivity index (χ0) is 17.5. The van der Waals surface area contributed by atoms with E-state index in [1.165, 1.54) is 16.1 Å². The number of thiophene rings is 1. The molecule has 5 nitrogen and oxygen atoms in total. The van der Waals surface area contributed by atoms with Crippen LogP contribution < -0.4 is 9.62 Å². The number of carbonyl (C=O) groups excluding carboxylic acids is 1. The van der Waals surface area contributed by atoms with E-state index in [1.54, 1.807) is 29.5 Å². The Morgan fingerprint density at radius 1 is 1.38 bits per heavy atom. The van der Waals surface area contributed by atoms with Crippen LogP contribution in [0.2, 0.25) is 0 Å². The highest BCUT2D eigenvalue weighted by atomic mass is 32.2. The molecule has 1 atom stereocenters. The molecule has 3 rings (SSSR count). The number of hydrogen-bond acceptors (Lipinski definition) is 4. The second-order valence-electron chi connectivity index (χ2n) is 6.16. The van der Waals surface area contributed by atoms with Crippen LogP contribution in [0.1, 0.15) is 33.3 Å². The summed E-state index contributed by atoms with van der Waals surface area (Å²) in [6.45, 7) is 4.40. The Balaban J connectivity index is 1.79. The Morgan fingerprint density at radius 3 is 2.75 bits per heavy atom. The maximum Gasteiger partial charge on any atom is 0.251 e. The zero-order valence-corrected chi connectivity index (χ0v) is 15.5. The van der Waals surface area contributed by atoms with Crippen molar-refractivity contribution in [2.45, 2.75) is 32.9 Å². The molecule has 1 aliphatic rings. The lowest BCUT2D eigenvalue weighted by Crippen LogP contribution is -2.34. The number of sulfonamides is 1. The molecule has 0 saturated heterocycles. The minimum atomic E-state index is -3.31. The first-order valence-corrected chi connectivity index (χ1v) is 10.4. The number of carbonyl (C=O) groups is 1. The first-order chi connectivity index (χ1) is 11.3. The van der Waals surface area contributed by atoms with Crippen molar-refractivity contribution < 1.29 is 13.2 Å². The van der Waals surface area contributed by atoms with E-state index < -0.39 is 10.0 Å². The second-order valence-corrected chi connectivity index (χ2v) is 9.03. The van der Waals surface area contributed by atoms with Crippen LogP contribution in [0, 0.1) is 6.92 Å². The minimum absolute atomic E-state index is 0.123. The van der Waals surface area contributed by atoms with Crippen molar-refractivity contribution in [1.29, 1.82) is 0 Å². The smallest absolute Gasteiger partial charge is 0.251 e. The first-order valence-electron chi connectivity index (χ1n) is 7.71. The number of anilines is 1. The van der Waals surface area contributed by atoms with E-state index in [4.69, 9.17) is 0 Å². The molecule has 1 N–H and O–H groups in total. The van der Waals surface area contributed by atoms with Gasteiger partial charge in [0.2, 0.25) is 10.0 Å². The van der Waals surface area contributed by atoms with E-state index in [-0.39, 0.29) is 11.9 Å². The topological polar surface area (TPSA) is 66.5 Å². The van der Waals surface area contributed by atoms with E-state index in [1.807, 2.05) is 25.3 Å². The summed E-state index contributed by atoms with van der Waals surface area (Å²) < 4.78 is 25.3. The lowest BCUT2D eigenvalue weighted by Gasteiger charge is -2.21. The molecule has 1 unspecified atom stereocenters. The largest absolute Gasteiger partial charge is 0.347 e. The number of rotatable bonds is 4. The maximum atomic E-state index is 12.4. The van der Waals surface area contributed by atoms with Gasteiger partial charge in [-0.05, 0) is 61.0 Å². The van der Waals surface area contributed by atoms with E-state index in [2.05, 4.69) is 5.32 Å². The number of hydrogen-bond donors (Lipinski definition) is 1. The van der Waals surface area contributed by atoms with Gasteiger partial charge in [-0.3, -0.25) is 9.10 Å². The van der Waals surface area contributed by atoms with E-state index in [9.17, 15) is 13.2 Å². The van der Waals surface area contributed by atoms with Crippen molar-refractivity contribution in [2.24, 2.45) is 0 Å². The summed E-state index contributed by atoms with van der Waals surface area (Å²) in [6.07, 6.45) is 1.83. The first kappa shape index (κ1) is 17.0. The monoisotopic (exact) mass is 364 g/mol. The molecule has 2 aromatic rings. The molecule has 0 fully saturated rings. The van der Waals surface area contributed by atoms with Crippen LogP contribution in [0.25, 0.3) is 0 Å². The Hall–Kier alpha value is -1.86. The summed E-state index contributed by atoms with van der Waals surface area (Å²) in [6, 6.07) is 7.12. The molecule has 0 bridgehead atoms. The Kier molecular flexibility index (Phi) is 4.40. The molecule has 1 aliphatic heterocycles. The van der Waals surface area contributed by atoms with Gasteiger partial charge < -0.3 is 5.32 Å². The van der Waals surface area contributed by atoms with Gasteiger partial charge in [0.15, 0.2) is 0 Å². The van der Waals surface area contributed by atoms with Gasteiger partial charge >= 0.3 is 0 Å². The van der Waals surface area contributed by atoms with Crippen molar-refractivity contribution in [3.05, 3.63) is 51.2 Å². The Labute approximate surface area is 146 Å². The van der Waals surface area contributed by atoms with Gasteiger partial charge in [0.05, 0.1) is 18.5 Å². The number of amides is 1. The highest BCUT2D eigenvalue weighted by molar-refractivity contribution is 7.92. The highest BCUT2D eigenvalue weighted by Crippen LogP contribution is 2.34. The molecule has 1 aromatic carbocycles. The van der Waals surface area contributed by atoms with Crippen LogP contribution in [-0.4, -0.2) is 26.6 Å². The third-order valence-electron chi connectivity index (χ3n) is 4.23. The fraction of sp³-hybridized carbons (Fsp3) is 0.353. The number of nitrogens with one attached hydrogen (secondary N) is 1. The summed E-state index contributed by atoms with van der Waals surface area (Å²) >= 11 is 1.62. The van der Waals surface area contributed by atoms with Crippen molar-refractivity contribution in [2.75, 3.05) is 10.6 Å². The molecule has 7 heteroatoms. The van der Waals surface area contributed by atoms with Crippen LogP contribution in [0.15, 0.2) is 29.6 Å². The third-order valence-corrected chi connectivity index (χ3v) is 6.52. The van der Waals surface area contributed by atoms with Gasteiger partial charge in [0.1, 0.15) is 0 Å². The number of benzene rings is 1. The SMILES string of the molecule is Cc1ccsc1CNC(=O)c1ccc2c(c1)CC(C)N2S(C)(=O)=O. The average Bonchev–Trinajstić information content (AvgIpc) is 3.05. The van der Waals surface area contributed by atoms with Gasteiger partial charge in [-0.1, -0.05) is 0 Å². The predicted molar refractivity (Wildman–Crippen MR) is 97.2 cm³/mol. The summed E-state index contributed by atoms with van der Waals surface area (Å²) in [5.41, 5.74) is 3.31. The van der Waals surface area contributed by atoms with Gasteiger partial charge in [-0.15, -0.1) is 11.3 Å². The van der Waals surface area contributed by atoms with Gasteiger partial charge in [-0.25, -0.2) is 8.42 Å². The maximum absolute atomic E-state index is 12.4. The normalized spacial score (nSPS) is 17.0. The van der Waals surface area contributed by atoms with Crippen LogP contribution in [0.4, 0.5) is 5.69 Å². The van der Waals surface area contributed by atoms with E-state index in [0.717, 1.165) is 10.4 Å². The Morgan fingerprint density at radius 2 is 2.12 bits per heavy atom. The molecular weight excluding hydrogens is 344 g/mol. The quantitative estimate of drug-likeness (QED) is 0.907. The van der Waals surface area contributed by atoms with Gasteiger partial charge in [0.25, 0.3) is 5.91 Å². The van der Waals surface area contributed by atoms with Crippen LogP contribution in [0.5, 0.6) is 0 Å². The fourth-order valence-corrected chi connectivity index (χ4v) is 5.21. The zero-order valence-electron chi connectivity index (χ0n) is 13.9. The van der Waals surface area contributed by atoms with Crippen molar-refractivity contribution in [1.82, 2.24) is 5.32 Å². The standard InChI is InChI=1S/C17H20N2O3S2/c1-11-6-7-23-16(11)10-18-17(20)13-4-5-15-14(9-13)8-12(2)19(15)24(3,21)22/h4-7,9,12H,8,10H2,1-3H3,(H,18,20). The molecule has 1 amide bonds. The van der Waals surface area contributed by atoms with Gasteiger partial charge in [-0.2, -0.15) is 0 Å². The van der Waals surface area contributed by atoms with E-state index in [0.29, 0.717) is 24.2 Å². The van der Waals surface area contributed by atoms with Crippen molar-refractivity contribution in [3.63, 3.8) is 0 Å². The molecule has 0 saturated carbocycles. The van der Waals surface area contributed by atoms with Crippen molar-refractivity contribution >= 4 is 33.0 Å². The molecule has 128 valence electrons. The third kappa shape index (κ3) is 3.18. The summed E-state index contributed by atoms with van der Waals surface area (Å²) in [5, 5.41) is 4.93.